The summed E-state index contributed by atoms with van der Waals surface area (Å²) in [4.78, 5) is 29.3. The molecule has 0 aliphatic heterocycles. The largest absolute Gasteiger partial charge is 0.326 e. The van der Waals surface area contributed by atoms with E-state index in [4.69, 9.17) is 0 Å². The highest BCUT2D eigenvalue weighted by molar-refractivity contribution is 7.20. The average molecular weight is 361 g/mol. The summed E-state index contributed by atoms with van der Waals surface area (Å²) in [7, 11) is 0. The third-order valence-corrected chi connectivity index (χ3v) is 5.04. The molecule has 6 heteroatoms. The molecule has 0 spiro atoms. The second-order valence-corrected chi connectivity index (χ2v) is 6.85. The van der Waals surface area contributed by atoms with Crippen LogP contribution in [0.15, 0.2) is 60.8 Å². The van der Waals surface area contributed by atoms with Crippen LogP contribution in [0, 0.1) is 0 Å². The molecule has 0 unspecified atom stereocenters. The first-order valence-electron chi connectivity index (χ1n) is 8.06. The number of rotatable bonds is 4. The van der Waals surface area contributed by atoms with Gasteiger partial charge in [0.25, 0.3) is 0 Å². The molecule has 0 saturated heterocycles. The molecule has 1 N–H and O–H groups in total. The highest BCUT2D eigenvalue weighted by Crippen LogP contribution is 2.32. The van der Waals surface area contributed by atoms with E-state index in [0.717, 1.165) is 27.3 Å². The summed E-state index contributed by atoms with van der Waals surface area (Å²) >= 11 is 1.54. The number of carbonyl (C=O) groups is 2. The van der Waals surface area contributed by atoms with Crippen LogP contribution < -0.4 is 5.32 Å². The normalized spacial score (nSPS) is 10.8. The first-order chi connectivity index (χ1) is 12.7. The van der Waals surface area contributed by atoms with E-state index in [0.29, 0.717) is 17.1 Å². The van der Waals surface area contributed by atoms with Crippen molar-refractivity contribution >= 4 is 34.2 Å². The first kappa shape index (κ1) is 16.2. The molecule has 2 heterocycles. The van der Waals surface area contributed by atoms with Gasteiger partial charge in [0.05, 0.1) is 4.88 Å². The van der Waals surface area contributed by atoms with Gasteiger partial charge in [-0.05, 0) is 17.7 Å². The van der Waals surface area contributed by atoms with Crippen LogP contribution in [0.3, 0.4) is 0 Å². The van der Waals surface area contributed by atoms with Crippen molar-refractivity contribution in [3.63, 3.8) is 0 Å². The van der Waals surface area contributed by atoms with Gasteiger partial charge in [0.15, 0.2) is 11.2 Å². The number of imidazole rings is 1. The molecule has 0 bridgehead atoms. The van der Waals surface area contributed by atoms with Crippen molar-refractivity contribution in [2.45, 2.75) is 6.92 Å². The van der Waals surface area contributed by atoms with Gasteiger partial charge in [-0.15, -0.1) is 0 Å². The maximum absolute atomic E-state index is 11.7. The van der Waals surface area contributed by atoms with E-state index in [1.165, 1.54) is 6.92 Å². The van der Waals surface area contributed by atoms with Gasteiger partial charge < -0.3 is 5.32 Å². The van der Waals surface area contributed by atoms with E-state index in [9.17, 15) is 9.59 Å². The van der Waals surface area contributed by atoms with Crippen LogP contribution in [0.25, 0.3) is 26.7 Å². The molecule has 2 aromatic carbocycles. The van der Waals surface area contributed by atoms with Gasteiger partial charge in [-0.25, -0.2) is 4.98 Å². The van der Waals surface area contributed by atoms with Gasteiger partial charge in [-0.2, -0.15) is 0 Å². The smallest absolute Gasteiger partial charge is 0.221 e. The molecule has 0 fully saturated rings. The molecule has 5 nitrogen and oxygen atoms in total. The number of nitrogens with zero attached hydrogens (tertiary/aromatic N) is 2. The summed E-state index contributed by atoms with van der Waals surface area (Å²) in [5.41, 5.74) is 3.80. The number of anilines is 1. The van der Waals surface area contributed by atoms with Gasteiger partial charge >= 0.3 is 0 Å². The molecule has 0 saturated carbocycles. The number of hydrogen-bond acceptors (Lipinski definition) is 4. The SMILES string of the molecule is CC(=O)Nc1ccc(-c2nc3sc(-c4ccccc4)cn3c2C=O)cc1. The fourth-order valence-corrected chi connectivity index (χ4v) is 3.83. The number of aromatic nitrogens is 2. The predicted octanol–water partition coefficient (Wildman–Crippen LogP) is 4.50. The minimum absolute atomic E-state index is 0.123. The number of hydrogen-bond donors (Lipinski definition) is 1. The van der Waals surface area contributed by atoms with Crippen molar-refractivity contribution in [1.29, 1.82) is 0 Å². The van der Waals surface area contributed by atoms with E-state index in [1.54, 1.807) is 23.5 Å². The van der Waals surface area contributed by atoms with Gasteiger partial charge in [0.2, 0.25) is 5.91 Å². The van der Waals surface area contributed by atoms with Crippen molar-refractivity contribution in [3.8, 4) is 21.7 Å². The third-order valence-electron chi connectivity index (χ3n) is 4.01. The Kier molecular flexibility index (Phi) is 4.10. The molecule has 4 rings (SSSR count). The van der Waals surface area contributed by atoms with Crippen molar-refractivity contribution < 1.29 is 9.59 Å². The zero-order valence-electron chi connectivity index (χ0n) is 14.0. The van der Waals surface area contributed by atoms with Crippen LogP contribution >= 0.6 is 11.3 Å². The Morgan fingerprint density at radius 2 is 1.81 bits per heavy atom. The van der Waals surface area contributed by atoms with Gasteiger partial charge in [0.1, 0.15) is 11.4 Å². The molecule has 128 valence electrons. The highest BCUT2D eigenvalue weighted by Gasteiger charge is 2.16. The van der Waals surface area contributed by atoms with Gasteiger partial charge in [0, 0.05) is 24.4 Å². The second kappa shape index (κ2) is 6.57. The zero-order chi connectivity index (χ0) is 18.1. The van der Waals surface area contributed by atoms with E-state index in [1.807, 2.05) is 53.1 Å². The molecule has 26 heavy (non-hydrogen) atoms. The Balaban J connectivity index is 1.75. The lowest BCUT2D eigenvalue weighted by atomic mass is 10.1. The topological polar surface area (TPSA) is 63.5 Å². The van der Waals surface area contributed by atoms with E-state index in [-0.39, 0.29) is 5.91 Å². The summed E-state index contributed by atoms with van der Waals surface area (Å²) in [6.07, 6.45) is 2.78. The molecule has 4 aromatic rings. The number of aldehydes is 1. The minimum Gasteiger partial charge on any atom is -0.326 e. The van der Waals surface area contributed by atoms with Crippen LogP contribution in [0.4, 0.5) is 5.69 Å². The Labute approximate surface area is 153 Å². The molecule has 0 atom stereocenters. The molecule has 0 radical (unpaired) electrons. The van der Waals surface area contributed by atoms with Crippen LogP contribution in [0.2, 0.25) is 0 Å². The third kappa shape index (κ3) is 2.91. The molecule has 2 aromatic heterocycles. The Hall–Kier alpha value is -3.25. The molecule has 0 aliphatic carbocycles. The lowest BCUT2D eigenvalue weighted by Gasteiger charge is -2.03. The predicted molar refractivity (Wildman–Crippen MR) is 104 cm³/mol. The number of nitrogens with one attached hydrogen (secondary N) is 1. The number of fused-ring (bicyclic) bond motifs is 1. The Morgan fingerprint density at radius 1 is 1.08 bits per heavy atom. The number of amides is 1. The van der Waals surface area contributed by atoms with Crippen molar-refractivity contribution in [2.75, 3.05) is 5.32 Å². The maximum Gasteiger partial charge on any atom is 0.221 e. The highest BCUT2D eigenvalue weighted by atomic mass is 32.1. The molecule has 0 aliphatic rings. The summed E-state index contributed by atoms with van der Waals surface area (Å²) in [6.45, 7) is 1.46. The summed E-state index contributed by atoms with van der Waals surface area (Å²) < 4.78 is 1.83. The molecular weight excluding hydrogens is 346 g/mol. The van der Waals surface area contributed by atoms with Gasteiger partial charge in [-0.3, -0.25) is 14.0 Å². The second-order valence-electron chi connectivity index (χ2n) is 5.84. The quantitative estimate of drug-likeness (QED) is 0.544. The summed E-state index contributed by atoms with van der Waals surface area (Å²) in [5, 5.41) is 2.73. The monoisotopic (exact) mass is 361 g/mol. The van der Waals surface area contributed by atoms with E-state index >= 15 is 0 Å². The van der Waals surface area contributed by atoms with Crippen LogP contribution in [0.1, 0.15) is 17.4 Å². The first-order valence-corrected chi connectivity index (χ1v) is 8.88. The van der Waals surface area contributed by atoms with Crippen molar-refractivity contribution in [3.05, 3.63) is 66.5 Å². The number of carbonyl (C=O) groups excluding carboxylic acids is 2. The zero-order valence-corrected chi connectivity index (χ0v) is 14.8. The van der Waals surface area contributed by atoms with Crippen molar-refractivity contribution in [2.24, 2.45) is 0 Å². The molecular formula is C20H15N3O2S. The number of thiazole rings is 1. The fraction of sp³-hybridized carbons (Fsp3) is 0.0500. The summed E-state index contributed by atoms with van der Waals surface area (Å²) in [6, 6.07) is 17.3. The Bertz CT molecular complexity index is 1100. The van der Waals surface area contributed by atoms with E-state index < -0.39 is 0 Å². The molecule has 1 amide bonds. The van der Waals surface area contributed by atoms with Crippen LogP contribution in [-0.4, -0.2) is 21.6 Å². The van der Waals surface area contributed by atoms with E-state index in [2.05, 4.69) is 10.3 Å². The fourth-order valence-electron chi connectivity index (χ4n) is 2.84. The Morgan fingerprint density at radius 3 is 2.46 bits per heavy atom. The van der Waals surface area contributed by atoms with Crippen molar-refractivity contribution in [1.82, 2.24) is 9.38 Å². The van der Waals surface area contributed by atoms with Gasteiger partial charge in [-0.1, -0.05) is 53.8 Å². The lowest BCUT2D eigenvalue weighted by Crippen LogP contribution is -2.05. The minimum atomic E-state index is -0.123. The number of benzene rings is 2. The van der Waals surface area contributed by atoms with Crippen LogP contribution in [-0.2, 0) is 4.79 Å². The average Bonchev–Trinajstić information content (AvgIpc) is 3.20. The lowest BCUT2D eigenvalue weighted by molar-refractivity contribution is -0.114. The maximum atomic E-state index is 11.7. The standard InChI is InChI=1S/C20H15N3O2S/c1-13(25)21-16-9-7-15(8-10-16)19-17(12-24)23-11-18(26-20(23)22-19)14-5-3-2-4-6-14/h2-12H,1H3,(H,21,25). The summed E-state index contributed by atoms with van der Waals surface area (Å²) in [5.74, 6) is -0.123. The van der Waals surface area contributed by atoms with Crippen LogP contribution in [0.5, 0.6) is 0 Å².